The largest absolute Gasteiger partial charge is 0.371 e. The molecule has 122 valence electrons. The molecule has 0 unspecified atom stereocenters. The molecule has 2 aromatic heterocycles. The molecule has 2 aromatic rings. The summed E-state index contributed by atoms with van der Waals surface area (Å²) < 4.78 is 7.68. The van der Waals surface area contributed by atoms with Crippen LogP contribution in [0, 0.1) is 13.8 Å². The maximum absolute atomic E-state index is 12.4. The molecule has 0 aromatic carbocycles. The lowest BCUT2D eigenvalue weighted by atomic mass is 10.00. The van der Waals surface area contributed by atoms with E-state index in [1.807, 2.05) is 25.6 Å². The number of H-pyrrole nitrogens is 1. The van der Waals surface area contributed by atoms with Gasteiger partial charge in [-0.25, -0.2) is 0 Å². The number of pyridine rings is 1. The SMILES string of the molecule is Cc1nn(C)c(C)c1[C@H]1OCC[C@@H]1NC(=O)c1ccc(=O)[nH]c1. The van der Waals surface area contributed by atoms with Crippen molar-refractivity contribution in [1.82, 2.24) is 20.1 Å². The van der Waals surface area contributed by atoms with E-state index in [0.29, 0.717) is 12.2 Å². The Kier molecular flexibility index (Phi) is 4.04. The molecule has 7 nitrogen and oxygen atoms in total. The zero-order valence-corrected chi connectivity index (χ0v) is 13.4. The molecule has 2 atom stereocenters. The van der Waals surface area contributed by atoms with Crippen molar-refractivity contribution < 1.29 is 9.53 Å². The molecule has 0 radical (unpaired) electrons. The van der Waals surface area contributed by atoms with Crippen LogP contribution in [0.2, 0.25) is 0 Å². The van der Waals surface area contributed by atoms with Crippen molar-refractivity contribution in [3.05, 3.63) is 51.2 Å². The lowest BCUT2D eigenvalue weighted by Crippen LogP contribution is -2.37. The zero-order chi connectivity index (χ0) is 16.6. The van der Waals surface area contributed by atoms with E-state index < -0.39 is 0 Å². The van der Waals surface area contributed by atoms with Gasteiger partial charge in [-0.3, -0.25) is 14.3 Å². The summed E-state index contributed by atoms with van der Waals surface area (Å²) in [7, 11) is 1.90. The van der Waals surface area contributed by atoms with Gasteiger partial charge in [-0.15, -0.1) is 0 Å². The standard InChI is InChI=1S/C16H20N4O3/c1-9-14(10(2)20(3)19-9)15-12(6-7-23-15)18-16(22)11-4-5-13(21)17-8-11/h4-5,8,12,15H,6-7H2,1-3H3,(H,17,21)(H,18,22)/t12-,15-/m0/s1. The van der Waals surface area contributed by atoms with Crippen molar-refractivity contribution in [3.8, 4) is 0 Å². The van der Waals surface area contributed by atoms with Crippen LogP contribution in [0.4, 0.5) is 0 Å². The van der Waals surface area contributed by atoms with Gasteiger partial charge in [0.05, 0.1) is 17.3 Å². The highest BCUT2D eigenvalue weighted by atomic mass is 16.5. The minimum Gasteiger partial charge on any atom is -0.371 e. The Hall–Kier alpha value is -2.41. The van der Waals surface area contributed by atoms with Crippen molar-refractivity contribution in [2.75, 3.05) is 6.61 Å². The van der Waals surface area contributed by atoms with Crippen molar-refractivity contribution in [3.63, 3.8) is 0 Å². The number of hydrogen-bond donors (Lipinski definition) is 2. The third kappa shape index (κ3) is 2.92. The number of aryl methyl sites for hydroxylation is 2. The van der Waals surface area contributed by atoms with Crippen LogP contribution in [0.1, 0.15) is 39.8 Å². The number of nitrogens with one attached hydrogen (secondary N) is 2. The molecule has 23 heavy (non-hydrogen) atoms. The molecule has 3 rings (SSSR count). The molecule has 2 N–H and O–H groups in total. The second kappa shape index (κ2) is 6.00. The highest BCUT2D eigenvalue weighted by Gasteiger charge is 2.34. The smallest absolute Gasteiger partial charge is 0.253 e. The van der Waals surface area contributed by atoms with Gasteiger partial charge in [0.25, 0.3) is 5.91 Å². The lowest BCUT2D eigenvalue weighted by Gasteiger charge is -2.20. The summed E-state index contributed by atoms with van der Waals surface area (Å²) in [6.07, 6.45) is 1.96. The molecule has 1 aliphatic rings. The summed E-state index contributed by atoms with van der Waals surface area (Å²) in [5.41, 5.74) is 3.19. The van der Waals surface area contributed by atoms with E-state index in [0.717, 1.165) is 23.4 Å². The molecule has 7 heteroatoms. The van der Waals surface area contributed by atoms with E-state index in [9.17, 15) is 9.59 Å². The van der Waals surface area contributed by atoms with Gasteiger partial charge in [0.1, 0.15) is 6.10 Å². The van der Waals surface area contributed by atoms with Crippen LogP contribution in [0.15, 0.2) is 23.1 Å². The van der Waals surface area contributed by atoms with Gasteiger partial charge in [0.15, 0.2) is 0 Å². The van der Waals surface area contributed by atoms with Gasteiger partial charge in [-0.05, 0) is 26.3 Å². The summed E-state index contributed by atoms with van der Waals surface area (Å²) in [4.78, 5) is 26.0. The predicted octanol–water partition coefficient (Wildman–Crippen LogP) is 0.985. The minimum atomic E-state index is -0.231. The lowest BCUT2D eigenvalue weighted by molar-refractivity contribution is 0.0817. The van der Waals surface area contributed by atoms with Crippen molar-refractivity contribution in [1.29, 1.82) is 0 Å². The summed E-state index contributed by atoms with van der Waals surface area (Å²) in [5, 5.41) is 7.42. The van der Waals surface area contributed by atoms with Gasteiger partial charge in [-0.1, -0.05) is 0 Å². The third-order valence-corrected chi connectivity index (χ3v) is 4.30. The highest BCUT2D eigenvalue weighted by Crippen LogP contribution is 2.33. The molecular weight excluding hydrogens is 296 g/mol. The highest BCUT2D eigenvalue weighted by molar-refractivity contribution is 5.94. The second-order valence-electron chi connectivity index (χ2n) is 5.81. The Morgan fingerprint density at radius 1 is 1.43 bits per heavy atom. The van der Waals surface area contributed by atoms with Crippen molar-refractivity contribution >= 4 is 5.91 Å². The van der Waals surface area contributed by atoms with Gasteiger partial charge in [-0.2, -0.15) is 5.10 Å². The quantitative estimate of drug-likeness (QED) is 0.883. The van der Waals surface area contributed by atoms with Gasteiger partial charge in [0.2, 0.25) is 5.56 Å². The maximum Gasteiger partial charge on any atom is 0.253 e. The molecule has 0 bridgehead atoms. The van der Waals surface area contributed by atoms with E-state index >= 15 is 0 Å². The van der Waals surface area contributed by atoms with E-state index in [1.54, 1.807) is 0 Å². The number of nitrogens with zero attached hydrogens (tertiary/aromatic N) is 2. The predicted molar refractivity (Wildman–Crippen MR) is 84.3 cm³/mol. The van der Waals surface area contributed by atoms with Crippen LogP contribution in [0.5, 0.6) is 0 Å². The summed E-state index contributed by atoms with van der Waals surface area (Å²) >= 11 is 0. The normalized spacial score (nSPS) is 20.7. The number of carbonyl (C=O) groups excluding carboxylic acids is 1. The molecule has 1 fully saturated rings. The third-order valence-electron chi connectivity index (χ3n) is 4.30. The van der Waals surface area contributed by atoms with Crippen LogP contribution in [-0.4, -0.2) is 33.3 Å². The average molecular weight is 316 g/mol. The first kappa shape index (κ1) is 15.5. The number of aromatic nitrogens is 3. The first-order chi connectivity index (χ1) is 11.0. The van der Waals surface area contributed by atoms with Crippen LogP contribution >= 0.6 is 0 Å². The number of hydrogen-bond acceptors (Lipinski definition) is 4. The number of rotatable bonds is 3. The van der Waals surface area contributed by atoms with Crippen molar-refractivity contribution in [2.45, 2.75) is 32.4 Å². The van der Waals surface area contributed by atoms with E-state index in [1.165, 1.54) is 18.3 Å². The fraction of sp³-hybridized carbons (Fsp3) is 0.438. The molecule has 1 aliphatic heterocycles. The Balaban J connectivity index is 1.80. The molecule has 0 spiro atoms. The Morgan fingerprint density at radius 3 is 2.83 bits per heavy atom. The van der Waals surface area contributed by atoms with E-state index in [4.69, 9.17) is 4.74 Å². The fourth-order valence-electron chi connectivity index (χ4n) is 3.03. The monoisotopic (exact) mass is 316 g/mol. The minimum absolute atomic E-state index is 0.115. The molecule has 0 saturated carbocycles. The molecule has 0 aliphatic carbocycles. The maximum atomic E-state index is 12.4. The van der Waals surface area contributed by atoms with Crippen molar-refractivity contribution in [2.24, 2.45) is 7.05 Å². The summed E-state index contributed by atoms with van der Waals surface area (Å²) in [6.45, 7) is 4.54. The van der Waals surface area contributed by atoms with Gasteiger partial charge >= 0.3 is 0 Å². The number of aromatic amines is 1. The number of ether oxygens (including phenoxy) is 1. The first-order valence-electron chi connectivity index (χ1n) is 7.58. The van der Waals surface area contributed by atoms with E-state index in [-0.39, 0.29) is 23.6 Å². The summed E-state index contributed by atoms with van der Waals surface area (Å²) in [5.74, 6) is -0.221. The fourth-order valence-corrected chi connectivity index (χ4v) is 3.03. The number of amides is 1. The number of carbonyl (C=O) groups is 1. The Labute approximate surface area is 133 Å². The topological polar surface area (TPSA) is 89.0 Å². The zero-order valence-electron chi connectivity index (χ0n) is 13.4. The van der Waals surface area contributed by atoms with Crippen LogP contribution < -0.4 is 10.9 Å². The Morgan fingerprint density at radius 2 is 2.22 bits per heavy atom. The molecule has 1 saturated heterocycles. The second-order valence-corrected chi connectivity index (χ2v) is 5.81. The Bertz CT molecular complexity index is 773. The van der Waals surface area contributed by atoms with Crippen LogP contribution in [0.3, 0.4) is 0 Å². The molecule has 1 amide bonds. The van der Waals surface area contributed by atoms with Crippen LogP contribution in [0.25, 0.3) is 0 Å². The molecular formula is C16H20N4O3. The first-order valence-corrected chi connectivity index (χ1v) is 7.58. The summed E-state index contributed by atoms with van der Waals surface area (Å²) in [6, 6.07) is 2.74. The van der Waals surface area contributed by atoms with Gasteiger partial charge < -0.3 is 15.0 Å². The van der Waals surface area contributed by atoms with Crippen LogP contribution in [-0.2, 0) is 11.8 Å². The average Bonchev–Trinajstić information content (AvgIpc) is 3.04. The molecule has 3 heterocycles. The van der Waals surface area contributed by atoms with E-state index in [2.05, 4.69) is 15.4 Å². The van der Waals surface area contributed by atoms with Gasteiger partial charge in [0, 0.05) is 37.2 Å².